The lowest BCUT2D eigenvalue weighted by atomic mass is 10.0. The number of hydrogen-bond acceptors (Lipinski definition) is 3. The van der Waals surface area contributed by atoms with Crippen molar-refractivity contribution in [3.05, 3.63) is 30.1 Å². The van der Waals surface area contributed by atoms with Crippen molar-refractivity contribution in [1.29, 1.82) is 0 Å². The van der Waals surface area contributed by atoms with Crippen LogP contribution in [0.1, 0.15) is 19.5 Å². The average Bonchev–Trinajstić information content (AvgIpc) is 2.50. The SMILES string of the molecule is C[SH]=C(O)C#CC(C)(C)N(C)CCOCc1ccccn1. The number of ether oxygens (including phenoxy) is 1. The molecular weight excluding hydrogens is 284 g/mol. The smallest absolute Gasteiger partial charge is 0.145 e. The number of thiol groups is 1. The van der Waals surface area contributed by atoms with E-state index in [2.05, 4.69) is 21.7 Å². The molecule has 1 aromatic heterocycles. The Balaban J connectivity index is 2.38. The Labute approximate surface area is 131 Å². The van der Waals surface area contributed by atoms with Gasteiger partial charge in [-0.15, -0.1) is 0 Å². The molecule has 1 aromatic rings. The molecular formula is C16H24N2O2S. The van der Waals surface area contributed by atoms with E-state index in [1.165, 1.54) is 0 Å². The van der Waals surface area contributed by atoms with Gasteiger partial charge in [0, 0.05) is 12.7 Å². The Morgan fingerprint density at radius 3 is 2.86 bits per heavy atom. The molecule has 0 amide bonds. The molecule has 0 aliphatic heterocycles. The summed E-state index contributed by atoms with van der Waals surface area (Å²) in [6.07, 6.45) is 3.62. The molecule has 1 N–H and O–H groups in total. The van der Waals surface area contributed by atoms with E-state index < -0.39 is 0 Å². The maximum Gasteiger partial charge on any atom is 0.145 e. The quantitative estimate of drug-likeness (QED) is 0.366. The number of likely N-dealkylation sites (N-methyl/N-ethyl adjacent to an activating group) is 1. The first-order chi connectivity index (χ1) is 9.95. The van der Waals surface area contributed by atoms with Crippen LogP contribution in [0.15, 0.2) is 24.4 Å². The van der Waals surface area contributed by atoms with E-state index in [1.807, 2.05) is 45.4 Å². The number of aliphatic hydroxyl groups is 1. The van der Waals surface area contributed by atoms with Gasteiger partial charge in [-0.3, -0.25) is 9.88 Å². The van der Waals surface area contributed by atoms with Crippen LogP contribution >= 0.6 is 11.4 Å². The Kier molecular flexibility index (Phi) is 7.62. The zero-order valence-electron chi connectivity index (χ0n) is 13.1. The number of hydrogen-bond donors (Lipinski definition) is 2. The van der Waals surface area contributed by atoms with Crippen LogP contribution in [0.3, 0.4) is 0 Å². The molecule has 0 bridgehead atoms. The second kappa shape index (κ2) is 8.96. The molecule has 0 spiro atoms. The molecule has 0 saturated heterocycles. The first-order valence-electron chi connectivity index (χ1n) is 6.83. The summed E-state index contributed by atoms with van der Waals surface area (Å²) in [5.41, 5.74) is 0.619. The molecule has 0 aliphatic rings. The largest absolute Gasteiger partial charge is 0.374 e. The van der Waals surface area contributed by atoms with Gasteiger partial charge in [0.15, 0.2) is 0 Å². The fourth-order valence-corrected chi connectivity index (χ4v) is 1.67. The summed E-state index contributed by atoms with van der Waals surface area (Å²) in [6.45, 7) is 5.94. The van der Waals surface area contributed by atoms with Gasteiger partial charge < -0.3 is 9.84 Å². The number of aromatic nitrogens is 1. The number of nitrogens with zero attached hydrogens (tertiary/aromatic N) is 2. The van der Waals surface area contributed by atoms with Crippen LogP contribution < -0.4 is 0 Å². The first kappa shape index (κ1) is 17.9. The summed E-state index contributed by atoms with van der Waals surface area (Å²) >= 11 is 0.795. The molecule has 4 nitrogen and oxygen atoms in total. The van der Waals surface area contributed by atoms with Crippen LogP contribution in [0.2, 0.25) is 0 Å². The monoisotopic (exact) mass is 308 g/mol. The van der Waals surface area contributed by atoms with E-state index in [1.54, 1.807) is 6.20 Å². The van der Waals surface area contributed by atoms with Gasteiger partial charge in [0.25, 0.3) is 0 Å². The van der Waals surface area contributed by atoms with Crippen molar-refractivity contribution in [2.45, 2.75) is 26.0 Å². The van der Waals surface area contributed by atoms with Crippen LogP contribution in [0.25, 0.3) is 0 Å². The lowest BCUT2D eigenvalue weighted by Crippen LogP contribution is -2.41. The highest BCUT2D eigenvalue weighted by molar-refractivity contribution is 7.98. The maximum absolute atomic E-state index is 9.42. The van der Waals surface area contributed by atoms with Crippen molar-refractivity contribution in [2.75, 3.05) is 26.5 Å². The van der Waals surface area contributed by atoms with Crippen molar-refractivity contribution < 1.29 is 9.84 Å². The lowest BCUT2D eigenvalue weighted by Gasteiger charge is -2.30. The average molecular weight is 308 g/mol. The Morgan fingerprint density at radius 2 is 2.24 bits per heavy atom. The molecule has 0 atom stereocenters. The van der Waals surface area contributed by atoms with Crippen molar-refractivity contribution in [3.8, 4) is 11.8 Å². The fourth-order valence-electron chi connectivity index (χ4n) is 1.50. The van der Waals surface area contributed by atoms with Crippen molar-refractivity contribution in [2.24, 2.45) is 0 Å². The molecule has 21 heavy (non-hydrogen) atoms. The van der Waals surface area contributed by atoms with E-state index >= 15 is 0 Å². The Morgan fingerprint density at radius 1 is 1.48 bits per heavy atom. The molecule has 0 radical (unpaired) electrons. The van der Waals surface area contributed by atoms with E-state index in [4.69, 9.17) is 4.74 Å². The fraction of sp³-hybridized carbons (Fsp3) is 0.500. The maximum atomic E-state index is 9.42. The van der Waals surface area contributed by atoms with Crippen molar-refractivity contribution in [1.82, 2.24) is 9.88 Å². The van der Waals surface area contributed by atoms with E-state index in [-0.39, 0.29) is 10.6 Å². The van der Waals surface area contributed by atoms with Crippen molar-refractivity contribution >= 4 is 16.4 Å². The summed E-state index contributed by atoms with van der Waals surface area (Å²) in [5.74, 6) is 5.87. The summed E-state index contributed by atoms with van der Waals surface area (Å²) in [4.78, 5) is 6.32. The van der Waals surface area contributed by atoms with Gasteiger partial charge in [0.05, 0.1) is 24.4 Å². The second-order valence-electron chi connectivity index (χ2n) is 5.15. The number of pyridine rings is 1. The van der Waals surface area contributed by atoms with Gasteiger partial charge in [-0.1, -0.05) is 12.0 Å². The second-order valence-corrected chi connectivity index (χ2v) is 6.02. The highest BCUT2D eigenvalue weighted by atomic mass is 32.1. The Hall–Kier alpha value is -1.19. The van der Waals surface area contributed by atoms with Crippen LogP contribution in [0, 0.1) is 11.8 Å². The van der Waals surface area contributed by atoms with Gasteiger partial charge in [-0.05, 0) is 45.2 Å². The lowest BCUT2D eigenvalue weighted by molar-refractivity contribution is 0.0798. The third kappa shape index (κ3) is 6.87. The zero-order valence-corrected chi connectivity index (χ0v) is 14.0. The summed E-state index contributed by atoms with van der Waals surface area (Å²) in [6, 6.07) is 5.79. The topological polar surface area (TPSA) is 45.6 Å². The van der Waals surface area contributed by atoms with E-state index in [9.17, 15) is 5.11 Å². The predicted molar refractivity (Wildman–Crippen MR) is 90.9 cm³/mol. The molecule has 0 aromatic carbocycles. The van der Waals surface area contributed by atoms with Crippen LogP contribution in [-0.2, 0) is 11.3 Å². The molecule has 116 valence electrons. The summed E-state index contributed by atoms with van der Waals surface area (Å²) in [5, 5.41) is 9.62. The molecule has 1 rings (SSSR count). The van der Waals surface area contributed by atoms with Gasteiger partial charge >= 0.3 is 0 Å². The minimum atomic E-state index is -0.312. The Bertz CT molecular complexity index is 518. The van der Waals surface area contributed by atoms with Gasteiger partial charge in [-0.25, -0.2) is 0 Å². The van der Waals surface area contributed by atoms with Crippen LogP contribution in [-0.4, -0.2) is 52.0 Å². The normalized spacial score (nSPS) is 12.6. The minimum Gasteiger partial charge on any atom is -0.374 e. The molecule has 0 fully saturated rings. The standard InChI is InChI=1S/C16H24N2O2S/c1-16(2,9-8-15(19)21-4)18(3)11-12-20-13-14-7-5-6-10-17-14/h5-7,10,19,21H,11-13H2,1-4H3. The van der Waals surface area contributed by atoms with E-state index in [0.717, 1.165) is 23.6 Å². The van der Waals surface area contributed by atoms with Crippen LogP contribution in [0.5, 0.6) is 0 Å². The number of rotatable bonds is 6. The summed E-state index contributed by atoms with van der Waals surface area (Å²) in [7, 11) is 2.00. The third-order valence-electron chi connectivity index (χ3n) is 3.19. The zero-order chi connectivity index (χ0) is 15.7. The van der Waals surface area contributed by atoms with Gasteiger partial charge in [0.2, 0.25) is 0 Å². The minimum absolute atomic E-state index is 0.197. The van der Waals surface area contributed by atoms with Gasteiger partial charge in [0.1, 0.15) is 5.05 Å². The molecule has 5 heteroatoms. The molecule has 0 aliphatic carbocycles. The molecule has 1 heterocycles. The summed E-state index contributed by atoms with van der Waals surface area (Å²) < 4.78 is 5.62. The van der Waals surface area contributed by atoms with Gasteiger partial charge in [-0.2, -0.15) is 11.4 Å². The third-order valence-corrected chi connectivity index (χ3v) is 3.73. The predicted octanol–water partition coefficient (Wildman–Crippen LogP) is 2.10. The first-order valence-corrected chi connectivity index (χ1v) is 8.17. The highest BCUT2D eigenvalue weighted by Gasteiger charge is 2.20. The molecule has 0 saturated carbocycles. The van der Waals surface area contributed by atoms with Crippen molar-refractivity contribution in [3.63, 3.8) is 0 Å². The number of aliphatic hydroxyl groups excluding tert-OH is 1. The van der Waals surface area contributed by atoms with E-state index in [0.29, 0.717) is 13.2 Å². The van der Waals surface area contributed by atoms with Crippen LogP contribution in [0.4, 0.5) is 0 Å². The molecule has 0 unspecified atom stereocenters. The highest BCUT2D eigenvalue weighted by Crippen LogP contribution is 2.10.